The van der Waals surface area contributed by atoms with Crippen molar-refractivity contribution < 1.29 is 38.9 Å². The first kappa shape index (κ1) is 37.8. The maximum absolute atomic E-state index is 14.8. The van der Waals surface area contributed by atoms with Gasteiger partial charge in [0.25, 0.3) is 17.7 Å². The Morgan fingerprint density at radius 2 is 1.41 bits per heavy atom. The third kappa shape index (κ3) is 6.60. The van der Waals surface area contributed by atoms with Crippen molar-refractivity contribution in [1.82, 2.24) is 4.90 Å². The number of hydrogen-bond donors (Lipinski definition) is 2. The van der Waals surface area contributed by atoms with Gasteiger partial charge in [-0.05, 0) is 77.7 Å². The van der Waals surface area contributed by atoms with Crippen LogP contribution in [0.2, 0.25) is 0 Å². The van der Waals surface area contributed by atoms with Gasteiger partial charge in [0.05, 0.1) is 36.3 Å². The van der Waals surface area contributed by atoms with E-state index in [1.807, 2.05) is 72.8 Å². The summed E-state index contributed by atoms with van der Waals surface area (Å²) >= 11 is 0. The number of amides is 4. The van der Waals surface area contributed by atoms with Gasteiger partial charge in [-0.2, -0.15) is 0 Å². The lowest BCUT2D eigenvalue weighted by molar-refractivity contribution is -0.139. The molecule has 0 saturated carbocycles. The van der Waals surface area contributed by atoms with Crippen LogP contribution in [0.15, 0.2) is 127 Å². The molecule has 0 radical (unpaired) electrons. The maximum Gasteiger partial charge on any atom is 0.269 e. The molecule has 5 aromatic carbocycles. The van der Waals surface area contributed by atoms with E-state index in [1.165, 1.54) is 9.80 Å². The third-order valence-corrected chi connectivity index (χ3v) is 11.7. The number of ether oxygens (including phenoxy) is 2. The Morgan fingerprint density at radius 1 is 0.780 bits per heavy atom. The number of hydrogen-bond acceptors (Lipinski definition) is 8. The maximum atomic E-state index is 14.8. The zero-order valence-electron chi connectivity index (χ0n) is 32.4. The van der Waals surface area contributed by atoms with Crippen molar-refractivity contribution in [3.05, 3.63) is 150 Å². The highest BCUT2D eigenvalue weighted by atomic mass is 16.5. The third-order valence-electron chi connectivity index (χ3n) is 11.7. The summed E-state index contributed by atoms with van der Waals surface area (Å²) in [5.41, 5.74) is 3.74. The lowest BCUT2D eigenvalue weighted by atomic mass is 9.82. The van der Waals surface area contributed by atoms with Crippen molar-refractivity contribution in [2.75, 3.05) is 34.5 Å². The highest BCUT2D eigenvalue weighted by Gasteiger charge is 2.53. The Bertz CT molecular complexity index is 2540. The van der Waals surface area contributed by atoms with E-state index in [1.54, 1.807) is 71.3 Å². The normalized spacial score (nSPS) is 20.1. The number of fused-ring (bicyclic) bond motifs is 4. The van der Waals surface area contributed by atoms with Crippen LogP contribution in [0, 0.1) is 5.92 Å². The zero-order valence-corrected chi connectivity index (χ0v) is 32.4. The van der Waals surface area contributed by atoms with Gasteiger partial charge >= 0.3 is 0 Å². The molecule has 0 bridgehead atoms. The van der Waals surface area contributed by atoms with Crippen molar-refractivity contribution in [3.63, 3.8) is 0 Å². The molecule has 0 fully saturated rings. The Hall–Kier alpha value is -6.76. The molecule has 0 unspecified atom stereocenters. The lowest BCUT2D eigenvalue weighted by Gasteiger charge is -2.36. The van der Waals surface area contributed by atoms with Crippen LogP contribution in [0.4, 0.5) is 28.4 Å². The van der Waals surface area contributed by atoms with Gasteiger partial charge in [-0.3, -0.25) is 29.0 Å². The summed E-state index contributed by atoms with van der Waals surface area (Å²) in [4.78, 5) is 61.3. The van der Waals surface area contributed by atoms with Gasteiger partial charge in [-0.25, -0.2) is 0 Å². The fourth-order valence-corrected chi connectivity index (χ4v) is 8.65. The van der Waals surface area contributed by atoms with Crippen LogP contribution in [0.1, 0.15) is 35.6 Å². The molecule has 12 heteroatoms. The zero-order chi connectivity index (χ0) is 40.8. The molecule has 4 amide bonds. The van der Waals surface area contributed by atoms with Gasteiger partial charge < -0.3 is 29.5 Å². The molecule has 9 rings (SSSR count). The van der Waals surface area contributed by atoms with E-state index < -0.39 is 17.4 Å². The van der Waals surface area contributed by atoms with Crippen molar-refractivity contribution in [2.24, 2.45) is 5.92 Å². The van der Waals surface area contributed by atoms with E-state index in [9.17, 15) is 29.4 Å². The molecule has 0 spiro atoms. The van der Waals surface area contributed by atoms with Gasteiger partial charge in [0.15, 0.2) is 18.8 Å². The summed E-state index contributed by atoms with van der Waals surface area (Å²) < 4.78 is 11.3. The van der Waals surface area contributed by atoms with Crippen LogP contribution in [0.3, 0.4) is 0 Å². The van der Waals surface area contributed by atoms with Crippen LogP contribution in [0.5, 0.6) is 11.5 Å². The minimum absolute atomic E-state index is 0.000860. The van der Waals surface area contributed by atoms with Crippen LogP contribution in [0.25, 0.3) is 0 Å². The fraction of sp³-hybridized carbons (Fsp3) is 0.234. The number of carbonyl (C=O) groups excluding carboxylic acids is 4. The first-order valence-electron chi connectivity index (χ1n) is 19.7. The summed E-state index contributed by atoms with van der Waals surface area (Å²) in [6.07, 6.45) is 3.90. The molecular weight excluding hydrogens is 749 g/mol. The molecule has 2 N–H and O–H groups in total. The number of carbonyl (C=O) groups is 4. The Labute approximate surface area is 341 Å². The van der Waals surface area contributed by atoms with Crippen LogP contribution < -0.4 is 24.2 Å². The van der Waals surface area contributed by atoms with Crippen molar-refractivity contribution in [1.29, 1.82) is 0 Å². The van der Waals surface area contributed by atoms with Crippen LogP contribution in [-0.4, -0.2) is 64.6 Å². The number of benzene rings is 5. The van der Waals surface area contributed by atoms with Crippen molar-refractivity contribution >= 4 is 52.1 Å². The standard InChI is InChI=1S/C47H42N4O8/c1-30(10-8-19-43(53)48-26-33-13-3-2-12-32(33)23-36(48)27-52)47(57)37-24-35(51-40-16-5-7-18-42(40)59-29-45(51)55)20-21-38(37)49(46(47)56)25-31-11-9-14-34(22-31)50-39-15-4-6-17-41(39)58-28-44(50)54/h2-18,20-22,24,30,36,52,57H,19,23,25-29H2,1H3/b10-8+/t30-,36+,47+/m1/s1. The molecule has 0 aliphatic carbocycles. The van der Waals surface area contributed by atoms with Gasteiger partial charge in [-0.1, -0.05) is 79.7 Å². The van der Waals surface area contributed by atoms with E-state index in [0.29, 0.717) is 64.0 Å². The second-order valence-corrected chi connectivity index (χ2v) is 15.3. The Morgan fingerprint density at radius 3 is 2.08 bits per heavy atom. The molecular formula is C47H42N4O8. The van der Waals surface area contributed by atoms with Crippen LogP contribution in [-0.2, 0) is 44.3 Å². The minimum Gasteiger partial charge on any atom is -0.482 e. The number of nitrogens with zero attached hydrogens (tertiary/aromatic N) is 4. The molecule has 5 aromatic rings. The smallest absolute Gasteiger partial charge is 0.269 e. The van der Waals surface area contributed by atoms with Crippen molar-refractivity contribution in [2.45, 2.75) is 44.5 Å². The van der Waals surface area contributed by atoms with Crippen molar-refractivity contribution in [3.8, 4) is 11.5 Å². The van der Waals surface area contributed by atoms with Gasteiger partial charge in [0.1, 0.15) is 11.5 Å². The second kappa shape index (κ2) is 15.2. The van der Waals surface area contributed by atoms with Crippen LogP contribution >= 0.6 is 0 Å². The molecule has 4 aliphatic rings. The largest absolute Gasteiger partial charge is 0.482 e. The molecule has 298 valence electrons. The summed E-state index contributed by atoms with van der Waals surface area (Å²) in [6, 6.07) is 34.5. The molecule has 59 heavy (non-hydrogen) atoms. The number of aliphatic hydroxyl groups excluding tert-OH is 1. The number of aliphatic hydroxyl groups is 2. The quantitative estimate of drug-likeness (QED) is 0.172. The number of rotatable bonds is 9. The van der Waals surface area contributed by atoms with E-state index in [2.05, 4.69) is 0 Å². The van der Waals surface area contributed by atoms with Gasteiger partial charge in [0, 0.05) is 35.8 Å². The number of para-hydroxylation sites is 4. The molecule has 4 aliphatic heterocycles. The van der Waals surface area contributed by atoms with E-state index in [0.717, 1.165) is 11.1 Å². The predicted octanol–water partition coefficient (Wildman–Crippen LogP) is 6.06. The van der Waals surface area contributed by atoms with E-state index >= 15 is 0 Å². The van der Waals surface area contributed by atoms with Gasteiger partial charge in [0.2, 0.25) is 5.91 Å². The summed E-state index contributed by atoms with van der Waals surface area (Å²) in [7, 11) is 0. The average molecular weight is 791 g/mol. The molecule has 12 nitrogen and oxygen atoms in total. The summed E-state index contributed by atoms with van der Waals surface area (Å²) in [6.45, 7) is 1.71. The Kier molecular flexibility index (Phi) is 9.74. The molecule has 0 aromatic heterocycles. The second-order valence-electron chi connectivity index (χ2n) is 15.3. The number of anilines is 5. The minimum atomic E-state index is -2.09. The van der Waals surface area contributed by atoms with E-state index in [4.69, 9.17) is 9.47 Å². The summed E-state index contributed by atoms with van der Waals surface area (Å²) in [5.74, 6) is -1.00. The Balaban J connectivity index is 1.04. The lowest BCUT2D eigenvalue weighted by Crippen LogP contribution is -2.46. The first-order valence-corrected chi connectivity index (χ1v) is 19.7. The highest BCUT2D eigenvalue weighted by Crippen LogP contribution is 2.49. The predicted molar refractivity (Wildman–Crippen MR) is 221 cm³/mol. The van der Waals surface area contributed by atoms with E-state index in [-0.39, 0.29) is 56.5 Å². The fourth-order valence-electron chi connectivity index (χ4n) is 8.65. The van der Waals surface area contributed by atoms with Gasteiger partial charge in [-0.15, -0.1) is 0 Å². The molecule has 4 heterocycles. The average Bonchev–Trinajstić information content (AvgIpc) is 3.47. The summed E-state index contributed by atoms with van der Waals surface area (Å²) in [5, 5.41) is 22.9. The molecule has 0 saturated heterocycles. The highest BCUT2D eigenvalue weighted by molar-refractivity contribution is 6.10. The first-order chi connectivity index (χ1) is 28.6. The molecule has 3 atom stereocenters. The SMILES string of the molecule is C[C@H](/C=C/CC(=O)N1Cc2ccccc2C[C@H]1CO)[C@@]1(O)C(=O)N(Cc2cccc(N3C(=O)COc4ccccc43)c2)c2ccc(N3C(=O)COc4ccccc43)cc21. The monoisotopic (exact) mass is 790 g/mol. The topological polar surface area (TPSA) is 140 Å².